The summed E-state index contributed by atoms with van der Waals surface area (Å²) in [6.45, 7) is 4.33. The van der Waals surface area contributed by atoms with Gasteiger partial charge in [0.15, 0.2) is 0 Å². The van der Waals surface area contributed by atoms with Crippen molar-refractivity contribution in [3.05, 3.63) is 29.8 Å². The molecule has 2 aliphatic carbocycles. The highest BCUT2D eigenvalue weighted by molar-refractivity contribution is 7.86. The van der Waals surface area contributed by atoms with Gasteiger partial charge in [0.2, 0.25) is 0 Å². The van der Waals surface area contributed by atoms with E-state index < -0.39 is 10.1 Å². The second-order valence-electron chi connectivity index (χ2n) is 7.06. The summed E-state index contributed by atoms with van der Waals surface area (Å²) in [6.07, 6.45) is 3.00. The Hall–Kier alpha value is -0.910. The van der Waals surface area contributed by atoms with Gasteiger partial charge in [0, 0.05) is 0 Å². The van der Waals surface area contributed by atoms with Crippen LogP contribution < -0.4 is 0 Å². The Morgan fingerprint density at radius 1 is 1.29 bits per heavy atom. The standard InChI is InChI=1S/C16H20O4S/c1-10-3-5-12(6-4-10)21(17,18)19-9-16(2)8-11-7-13(16)15-14(11)20-15/h3-6,11,13-15H,7-9H2,1-2H3/t11-,13+,14-,15-,16+/m1/s1. The van der Waals surface area contributed by atoms with Crippen molar-refractivity contribution in [3.63, 3.8) is 0 Å². The summed E-state index contributed by atoms with van der Waals surface area (Å²) in [4.78, 5) is 0.236. The second-order valence-corrected chi connectivity index (χ2v) is 8.67. The SMILES string of the molecule is Cc1ccc(S(=O)(=O)OC[C@]2(C)C[C@H]3C[C@H]2[C@H]2O[C@H]32)cc1. The van der Waals surface area contributed by atoms with E-state index in [1.54, 1.807) is 24.3 Å². The van der Waals surface area contributed by atoms with E-state index >= 15 is 0 Å². The molecule has 1 aliphatic heterocycles. The van der Waals surface area contributed by atoms with Crippen LogP contribution in [-0.4, -0.2) is 27.2 Å². The van der Waals surface area contributed by atoms with Gasteiger partial charge in [0.1, 0.15) is 0 Å². The van der Waals surface area contributed by atoms with Crippen molar-refractivity contribution < 1.29 is 17.3 Å². The van der Waals surface area contributed by atoms with Crippen LogP contribution in [0, 0.1) is 24.2 Å². The number of rotatable bonds is 4. The molecule has 114 valence electrons. The van der Waals surface area contributed by atoms with Gasteiger partial charge in [-0.25, -0.2) is 0 Å². The maximum atomic E-state index is 12.3. The van der Waals surface area contributed by atoms with Gasteiger partial charge in [-0.1, -0.05) is 24.6 Å². The van der Waals surface area contributed by atoms with Crippen LogP contribution >= 0.6 is 0 Å². The molecule has 4 nitrogen and oxygen atoms in total. The minimum absolute atomic E-state index is 0.0693. The molecular weight excluding hydrogens is 288 g/mol. The minimum Gasteiger partial charge on any atom is -0.369 e. The number of fused-ring (bicyclic) bond motifs is 5. The van der Waals surface area contributed by atoms with Crippen LogP contribution in [0.15, 0.2) is 29.2 Å². The Labute approximate surface area is 125 Å². The molecular formula is C16H20O4S. The molecule has 21 heavy (non-hydrogen) atoms. The molecule has 5 heteroatoms. The third-order valence-electron chi connectivity index (χ3n) is 5.46. The zero-order valence-corrected chi connectivity index (χ0v) is 13.1. The van der Waals surface area contributed by atoms with Crippen molar-refractivity contribution in [2.24, 2.45) is 17.3 Å². The summed E-state index contributed by atoms with van der Waals surface area (Å²) in [5.41, 5.74) is 0.964. The smallest absolute Gasteiger partial charge is 0.296 e. The predicted octanol–water partition coefficient (Wildman–Crippen LogP) is 2.51. The zero-order valence-electron chi connectivity index (χ0n) is 12.3. The molecule has 1 heterocycles. The quantitative estimate of drug-likeness (QED) is 0.633. The van der Waals surface area contributed by atoms with Crippen LogP contribution in [0.4, 0.5) is 0 Å². The second kappa shape index (κ2) is 4.31. The van der Waals surface area contributed by atoms with E-state index in [1.807, 2.05) is 6.92 Å². The number of hydrogen-bond donors (Lipinski definition) is 0. The van der Waals surface area contributed by atoms with Gasteiger partial charge in [-0.05, 0) is 49.1 Å². The van der Waals surface area contributed by atoms with E-state index in [4.69, 9.17) is 8.92 Å². The molecule has 0 radical (unpaired) electrons. The Balaban J connectivity index is 1.48. The first kappa shape index (κ1) is 13.7. The molecule has 1 aromatic carbocycles. The van der Waals surface area contributed by atoms with Crippen molar-refractivity contribution >= 4 is 10.1 Å². The molecule has 5 atom stereocenters. The van der Waals surface area contributed by atoms with E-state index in [0.717, 1.165) is 12.0 Å². The summed E-state index contributed by atoms with van der Waals surface area (Å²) in [5, 5.41) is 0. The van der Waals surface area contributed by atoms with Crippen molar-refractivity contribution in [2.45, 2.75) is 43.8 Å². The van der Waals surface area contributed by atoms with E-state index in [0.29, 0.717) is 24.0 Å². The van der Waals surface area contributed by atoms with E-state index in [9.17, 15) is 8.42 Å². The molecule has 1 saturated heterocycles. The number of benzene rings is 1. The maximum absolute atomic E-state index is 12.3. The lowest BCUT2D eigenvalue weighted by Crippen LogP contribution is -2.34. The minimum atomic E-state index is -3.66. The Bertz CT molecular complexity index is 666. The summed E-state index contributed by atoms with van der Waals surface area (Å²) in [6, 6.07) is 6.79. The van der Waals surface area contributed by atoms with Crippen molar-refractivity contribution in [1.29, 1.82) is 0 Å². The molecule has 3 aliphatic rings. The van der Waals surface area contributed by atoms with Crippen LogP contribution in [0.1, 0.15) is 25.3 Å². The van der Waals surface area contributed by atoms with E-state index in [-0.39, 0.29) is 16.9 Å². The monoisotopic (exact) mass is 308 g/mol. The number of ether oxygens (including phenoxy) is 1. The van der Waals surface area contributed by atoms with Gasteiger partial charge < -0.3 is 4.74 Å². The van der Waals surface area contributed by atoms with E-state index in [1.165, 1.54) is 6.42 Å². The third kappa shape index (κ3) is 2.14. The Morgan fingerprint density at radius 2 is 2.00 bits per heavy atom. The zero-order chi connectivity index (χ0) is 14.8. The molecule has 0 aromatic heterocycles. The topological polar surface area (TPSA) is 55.9 Å². The Morgan fingerprint density at radius 3 is 2.62 bits per heavy atom. The van der Waals surface area contributed by atoms with E-state index in [2.05, 4.69) is 6.92 Å². The lowest BCUT2D eigenvalue weighted by molar-refractivity contribution is 0.102. The highest BCUT2D eigenvalue weighted by atomic mass is 32.2. The van der Waals surface area contributed by atoms with Gasteiger partial charge in [0.25, 0.3) is 10.1 Å². The first-order chi connectivity index (χ1) is 9.89. The molecule has 1 aromatic rings. The van der Waals surface area contributed by atoms with Crippen molar-refractivity contribution in [1.82, 2.24) is 0 Å². The molecule has 2 saturated carbocycles. The number of hydrogen-bond acceptors (Lipinski definition) is 4. The van der Waals surface area contributed by atoms with Gasteiger partial charge in [-0.15, -0.1) is 0 Å². The van der Waals surface area contributed by atoms with Crippen LogP contribution in [0.5, 0.6) is 0 Å². The normalized spacial score (nSPS) is 40.3. The fraction of sp³-hybridized carbons (Fsp3) is 0.625. The highest BCUT2D eigenvalue weighted by Crippen LogP contribution is 2.64. The number of epoxide rings is 1. The molecule has 0 N–H and O–H groups in total. The maximum Gasteiger partial charge on any atom is 0.296 e. The molecule has 4 rings (SSSR count). The highest BCUT2D eigenvalue weighted by Gasteiger charge is 2.67. The van der Waals surface area contributed by atoms with Crippen LogP contribution in [0.2, 0.25) is 0 Å². The predicted molar refractivity (Wildman–Crippen MR) is 77.3 cm³/mol. The van der Waals surface area contributed by atoms with Gasteiger partial charge in [0.05, 0.1) is 23.7 Å². The molecule has 3 fully saturated rings. The van der Waals surface area contributed by atoms with Gasteiger partial charge in [-0.3, -0.25) is 4.18 Å². The first-order valence-electron chi connectivity index (χ1n) is 7.51. The summed E-state index contributed by atoms with van der Waals surface area (Å²) >= 11 is 0. The summed E-state index contributed by atoms with van der Waals surface area (Å²) < 4.78 is 35.6. The number of aryl methyl sites for hydroxylation is 1. The average molecular weight is 308 g/mol. The van der Waals surface area contributed by atoms with Gasteiger partial charge in [-0.2, -0.15) is 8.42 Å². The fourth-order valence-electron chi connectivity index (χ4n) is 4.22. The Kier molecular flexibility index (Phi) is 2.82. The molecule has 0 unspecified atom stereocenters. The molecule has 2 bridgehead atoms. The third-order valence-corrected chi connectivity index (χ3v) is 6.73. The van der Waals surface area contributed by atoms with Gasteiger partial charge >= 0.3 is 0 Å². The summed E-state index contributed by atoms with van der Waals surface area (Å²) in [5.74, 6) is 1.07. The largest absolute Gasteiger partial charge is 0.369 e. The van der Waals surface area contributed by atoms with Crippen molar-refractivity contribution in [3.8, 4) is 0 Å². The van der Waals surface area contributed by atoms with Crippen LogP contribution in [0.25, 0.3) is 0 Å². The van der Waals surface area contributed by atoms with Crippen LogP contribution in [-0.2, 0) is 19.0 Å². The lowest BCUT2D eigenvalue weighted by Gasteiger charge is -2.31. The van der Waals surface area contributed by atoms with Crippen LogP contribution in [0.3, 0.4) is 0 Å². The van der Waals surface area contributed by atoms with Crippen molar-refractivity contribution in [2.75, 3.05) is 6.61 Å². The average Bonchev–Trinajstić information content (AvgIpc) is 3.08. The lowest BCUT2D eigenvalue weighted by atomic mass is 9.75. The molecule has 0 amide bonds. The summed E-state index contributed by atoms with van der Waals surface area (Å²) in [7, 11) is -3.66. The molecule has 0 spiro atoms. The fourth-order valence-corrected chi connectivity index (χ4v) is 5.25. The first-order valence-corrected chi connectivity index (χ1v) is 8.91.